The minimum Gasteiger partial charge on any atom is -0.490 e. The van der Waals surface area contributed by atoms with Crippen molar-refractivity contribution in [2.24, 2.45) is 0 Å². The molecule has 1 aliphatic rings. The normalized spacial score (nSPS) is 16.1. The van der Waals surface area contributed by atoms with E-state index in [4.69, 9.17) is 14.6 Å². The number of benzene rings is 1. The first-order chi connectivity index (χ1) is 8.70. The van der Waals surface area contributed by atoms with Gasteiger partial charge in [-0.2, -0.15) is 0 Å². The van der Waals surface area contributed by atoms with Crippen LogP contribution in [0.5, 0.6) is 11.5 Å². The molecule has 0 fully saturated rings. The quantitative estimate of drug-likeness (QED) is 0.912. The van der Waals surface area contributed by atoms with Crippen LogP contribution in [0.25, 0.3) is 0 Å². The highest BCUT2D eigenvalue weighted by atomic mass is 79.9. The van der Waals surface area contributed by atoms with Crippen molar-refractivity contribution in [2.45, 2.75) is 12.2 Å². The van der Waals surface area contributed by atoms with Crippen molar-refractivity contribution in [1.29, 1.82) is 0 Å². The van der Waals surface area contributed by atoms with E-state index in [0.717, 1.165) is 22.2 Å². The molecular weight excluding hydrogens is 320 g/mol. The van der Waals surface area contributed by atoms with Gasteiger partial charge >= 0.3 is 0 Å². The lowest BCUT2D eigenvalue weighted by molar-refractivity contribution is 0.297. The molecule has 4 nitrogen and oxygen atoms in total. The molecule has 6 heteroatoms. The van der Waals surface area contributed by atoms with Crippen molar-refractivity contribution in [1.82, 2.24) is 0 Å². The van der Waals surface area contributed by atoms with Crippen molar-refractivity contribution in [2.75, 3.05) is 25.6 Å². The zero-order valence-corrected chi connectivity index (χ0v) is 12.3. The van der Waals surface area contributed by atoms with E-state index in [9.17, 15) is 4.21 Å². The van der Waals surface area contributed by atoms with Crippen LogP contribution in [0.2, 0.25) is 0 Å². The van der Waals surface area contributed by atoms with Gasteiger partial charge in [0.2, 0.25) is 0 Å². The minimum absolute atomic E-state index is 0.0607. The lowest BCUT2D eigenvalue weighted by Gasteiger charge is -2.11. The molecule has 1 aromatic carbocycles. The highest BCUT2D eigenvalue weighted by Crippen LogP contribution is 2.35. The van der Waals surface area contributed by atoms with Crippen LogP contribution in [0.3, 0.4) is 0 Å². The van der Waals surface area contributed by atoms with Gasteiger partial charge in [-0.3, -0.25) is 4.21 Å². The molecule has 0 aliphatic carbocycles. The van der Waals surface area contributed by atoms with Gasteiger partial charge in [-0.25, -0.2) is 0 Å². The Morgan fingerprint density at radius 3 is 2.61 bits per heavy atom. The van der Waals surface area contributed by atoms with E-state index < -0.39 is 10.8 Å². The highest BCUT2D eigenvalue weighted by Gasteiger charge is 2.15. The van der Waals surface area contributed by atoms with Crippen LogP contribution in [0.4, 0.5) is 0 Å². The van der Waals surface area contributed by atoms with Gasteiger partial charge in [0, 0.05) is 33.2 Å². The summed E-state index contributed by atoms with van der Waals surface area (Å²) in [4.78, 5) is 0. The molecule has 18 heavy (non-hydrogen) atoms. The second-order valence-corrected chi connectivity index (χ2v) is 6.38. The lowest BCUT2D eigenvalue weighted by Crippen LogP contribution is -2.05. The Balaban J connectivity index is 2.21. The number of ether oxygens (including phenoxy) is 2. The number of fused-ring (bicyclic) bond motifs is 1. The molecule has 1 aromatic rings. The summed E-state index contributed by atoms with van der Waals surface area (Å²) in [7, 11) is -1.06. The van der Waals surface area contributed by atoms with E-state index in [1.165, 1.54) is 0 Å². The second-order valence-electron chi connectivity index (χ2n) is 3.95. The van der Waals surface area contributed by atoms with Crippen molar-refractivity contribution >= 4 is 26.7 Å². The van der Waals surface area contributed by atoms with Crippen LogP contribution < -0.4 is 9.47 Å². The molecule has 0 bridgehead atoms. The Kier molecular flexibility index (Phi) is 5.03. The number of aliphatic hydroxyl groups is 1. The van der Waals surface area contributed by atoms with Crippen LogP contribution in [0.1, 0.15) is 12.0 Å². The van der Waals surface area contributed by atoms with Gasteiger partial charge in [0.25, 0.3) is 0 Å². The second kappa shape index (κ2) is 6.54. The van der Waals surface area contributed by atoms with Crippen LogP contribution in [0, 0.1) is 0 Å². The predicted molar refractivity (Wildman–Crippen MR) is 73.5 cm³/mol. The molecule has 1 unspecified atom stereocenters. The Morgan fingerprint density at radius 1 is 1.28 bits per heavy atom. The molecule has 100 valence electrons. The number of halogens is 1. The fourth-order valence-electron chi connectivity index (χ4n) is 1.68. The molecule has 1 aliphatic heterocycles. The summed E-state index contributed by atoms with van der Waals surface area (Å²) < 4.78 is 23.7. The summed E-state index contributed by atoms with van der Waals surface area (Å²) in [5, 5.41) is 8.76. The molecule has 1 heterocycles. The Morgan fingerprint density at radius 2 is 1.94 bits per heavy atom. The summed E-state index contributed by atoms with van der Waals surface area (Å²) in [5.41, 5.74) is 0.908. The van der Waals surface area contributed by atoms with Crippen molar-refractivity contribution in [3.05, 3.63) is 22.2 Å². The molecular formula is C12H15BrO4S. The fraction of sp³-hybridized carbons (Fsp3) is 0.500. The van der Waals surface area contributed by atoms with E-state index in [0.29, 0.717) is 30.5 Å². The third kappa shape index (κ3) is 3.46. The van der Waals surface area contributed by atoms with Crippen molar-refractivity contribution in [3.8, 4) is 11.5 Å². The largest absolute Gasteiger partial charge is 0.490 e. The maximum Gasteiger partial charge on any atom is 0.162 e. The average Bonchev–Trinajstić information content (AvgIpc) is 2.55. The number of hydrogen-bond acceptors (Lipinski definition) is 4. The van der Waals surface area contributed by atoms with E-state index in [1.807, 2.05) is 12.1 Å². The lowest BCUT2D eigenvalue weighted by atomic mass is 10.2. The van der Waals surface area contributed by atoms with Crippen LogP contribution in [-0.2, 0) is 16.6 Å². The number of aliphatic hydroxyl groups excluding tert-OH is 1. The van der Waals surface area contributed by atoms with E-state index >= 15 is 0 Å². The summed E-state index contributed by atoms with van der Waals surface area (Å²) in [6.45, 7) is 1.22. The van der Waals surface area contributed by atoms with E-state index in [-0.39, 0.29) is 6.61 Å². The molecule has 1 N–H and O–H groups in total. The summed E-state index contributed by atoms with van der Waals surface area (Å²) in [6.07, 6.45) is 0.859. The van der Waals surface area contributed by atoms with Gasteiger partial charge in [0.05, 0.1) is 19.8 Å². The maximum atomic E-state index is 11.7. The first-order valence-corrected chi connectivity index (χ1v) is 8.02. The Labute approximate surface area is 117 Å². The van der Waals surface area contributed by atoms with Crippen molar-refractivity contribution < 1.29 is 18.8 Å². The Hall–Kier alpha value is -0.590. The molecule has 0 aromatic heterocycles. The van der Waals surface area contributed by atoms with Gasteiger partial charge in [-0.05, 0) is 17.7 Å². The highest BCUT2D eigenvalue weighted by molar-refractivity contribution is 9.10. The SMILES string of the molecule is O=S(CCO)Cc1cc2c(cc1Br)OCCCO2. The summed E-state index contributed by atoms with van der Waals surface area (Å²) in [5.74, 6) is 2.11. The third-order valence-corrected chi connectivity index (χ3v) is 4.56. The van der Waals surface area contributed by atoms with Gasteiger partial charge < -0.3 is 14.6 Å². The van der Waals surface area contributed by atoms with E-state index in [2.05, 4.69) is 15.9 Å². The topological polar surface area (TPSA) is 55.8 Å². The molecule has 2 rings (SSSR count). The first-order valence-electron chi connectivity index (χ1n) is 5.74. The fourth-order valence-corrected chi connectivity index (χ4v) is 3.27. The van der Waals surface area contributed by atoms with Crippen molar-refractivity contribution in [3.63, 3.8) is 0 Å². The predicted octanol–water partition coefficient (Wildman–Crippen LogP) is 1.85. The minimum atomic E-state index is -1.06. The zero-order valence-electron chi connectivity index (χ0n) is 9.86. The van der Waals surface area contributed by atoms with Crippen LogP contribution in [-0.4, -0.2) is 34.9 Å². The van der Waals surface area contributed by atoms with Gasteiger partial charge in [-0.15, -0.1) is 0 Å². The molecule has 0 saturated heterocycles. The third-order valence-electron chi connectivity index (χ3n) is 2.55. The molecule has 1 atom stereocenters. The molecule has 0 amide bonds. The van der Waals surface area contributed by atoms with Crippen LogP contribution >= 0.6 is 15.9 Å². The monoisotopic (exact) mass is 334 g/mol. The number of hydrogen-bond donors (Lipinski definition) is 1. The molecule has 0 spiro atoms. The first kappa shape index (κ1) is 13.8. The molecule has 0 radical (unpaired) electrons. The number of rotatable bonds is 4. The maximum absolute atomic E-state index is 11.7. The van der Waals surface area contributed by atoms with Gasteiger partial charge in [0.15, 0.2) is 11.5 Å². The summed E-state index contributed by atoms with van der Waals surface area (Å²) in [6, 6.07) is 3.71. The molecule has 0 saturated carbocycles. The zero-order chi connectivity index (χ0) is 13.0. The Bertz CT molecular complexity index is 450. The standard InChI is InChI=1S/C12H15BrO4S/c13-10-7-12-11(16-3-1-4-17-12)6-9(10)8-18(15)5-2-14/h6-7,14H,1-5,8H2. The summed E-state index contributed by atoms with van der Waals surface area (Å²) >= 11 is 3.45. The smallest absolute Gasteiger partial charge is 0.162 e. The van der Waals surface area contributed by atoms with Gasteiger partial charge in [0.1, 0.15) is 0 Å². The van der Waals surface area contributed by atoms with Crippen LogP contribution in [0.15, 0.2) is 16.6 Å². The average molecular weight is 335 g/mol. The van der Waals surface area contributed by atoms with E-state index in [1.54, 1.807) is 0 Å². The van der Waals surface area contributed by atoms with Gasteiger partial charge in [-0.1, -0.05) is 15.9 Å².